The summed E-state index contributed by atoms with van der Waals surface area (Å²) in [6, 6.07) is 13.8. The summed E-state index contributed by atoms with van der Waals surface area (Å²) in [7, 11) is 0. The lowest BCUT2D eigenvalue weighted by Crippen LogP contribution is -2.35. The molecule has 0 aliphatic carbocycles. The zero-order chi connectivity index (χ0) is 20.1. The molecule has 0 saturated carbocycles. The number of nitrogens with zero attached hydrogens (tertiary/aromatic N) is 2. The minimum Gasteiger partial charge on any atom is -0.486 e. The predicted molar refractivity (Wildman–Crippen MR) is 107 cm³/mol. The summed E-state index contributed by atoms with van der Waals surface area (Å²) in [5.74, 6) is 0.730. The van der Waals surface area contributed by atoms with Gasteiger partial charge in [0.05, 0.1) is 12.6 Å². The molecule has 4 rings (SSSR count). The number of nitrogens with one attached hydrogen (secondary N) is 3. The number of carbonyl (C=O) groups is 2. The lowest BCUT2D eigenvalue weighted by Gasteiger charge is -2.19. The summed E-state index contributed by atoms with van der Waals surface area (Å²) < 4.78 is 10.9. The van der Waals surface area contributed by atoms with Crippen LogP contribution in [0, 0.1) is 0 Å². The van der Waals surface area contributed by atoms with Crippen LogP contribution in [0.25, 0.3) is 0 Å². The van der Waals surface area contributed by atoms with E-state index in [0.29, 0.717) is 30.4 Å². The second-order valence-corrected chi connectivity index (χ2v) is 6.37. The van der Waals surface area contributed by atoms with Gasteiger partial charge in [-0.05, 0) is 17.7 Å². The Kier molecular flexibility index (Phi) is 5.37. The number of hydrazone groups is 1. The van der Waals surface area contributed by atoms with Crippen LogP contribution in [-0.2, 0) is 9.59 Å². The van der Waals surface area contributed by atoms with Crippen molar-refractivity contribution in [2.45, 2.75) is 12.5 Å². The molecule has 0 bridgehead atoms. The highest BCUT2D eigenvalue weighted by molar-refractivity contribution is 6.07. The summed E-state index contributed by atoms with van der Waals surface area (Å²) in [6.45, 7) is 0.961. The van der Waals surface area contributed by atoms with Gasteiger partial charge >= 0.3 is 0 Å². The normalized spacial score (nSPS) is 17.6. The van der Waals surface area contributed by atoms with Gasteiger partial charge < -0.3 is 14.8 Å². The molecule has 2 aliphatic rings. The Morgan fingerprint density at radius 2 is 1.97 bits per heavy atom. The second kappa shape index (κ2) is 8.42. The molecule has 1 unspecified atom stereocenters. The number of carbonyl (C=O) groups excluding carboxylic acids is 2. The van der Waals surface area contributed by atoms with Gasteiger partial charge in [0, 0.05) is 11.8 Å². The van der Waals surface area contributed by atoms with Crippen LogP contribution < -0.4 is 25.5 Å². The highest BCUT2D eigenvalue weighted by Crippen LogP contribution is 2.32. The number of rotatable bonds is 5. The monoisotopic (exact) mass is 393 g/mol. The molecule has 9 heteroatoms. The van der Waals surface area contributed by atoms with Gasteiger partial charge in [0.2, 0.25) is 11.9 Å². The fourth-order valence-electron chi connectivity index (χ4n) is 2.86. The third kappa shape index (κ3) is 4.70. The van der Waals surface area contributed by atoms with E-state index >= 15 is 0 Å². The first-order valence-corrected chi connectivity index (χ1v) is 9.10. The Balaban J connectivity index is 1.32. The molecule has 0 fully saturated rings. The van der Waals surface area contributed by atoms with Crippen LogP contribution in [-0.4, -0.2) is 43.2 Å². The summed E-state index contributed by atoms with van der Waals surface area (Å²) in [5, 5.41) is 9.35. The minimum absolute atomic E-state index is 0.0894. The first-order valence-electron chi connectivity index (χ1n) is 9.10. The van der Waals surface area contributed by atoms with Crippen LogP contribution in [0.3, 0.4) is 0 Å². The van der Waals surface area contributed by atoms with Crippen molar-refractivity contribution in [1.82, 2.24) is 10.7 Å². The average Bonchev–Trinajstić information content (AvgIpc) is 3.07. The number of guanidine groups is 1. The zero-order valence-electron chi connectivity index (χ0n) is 15.4. The number of hydrogen-bond acceptors (Lipinski definition) is 7. The molecule has 3 N–H and O–H groups in total. The third-order valence-corrected chi connectivity index (χ3v) is 4.22. The number of benzene rings is 2. The van der Waals surface area contributed by atoms with E-state index in [9.17, 15) is 9.59 Å². The molecular formula is C20H19N5O4. The van der Waals surface area contributed by atoms with Gasteiger partial charge in [-0.2, -0.15) is 5.10 Å². The lowest BCUT2D eigenvalue weighted by molar-refractivity contribution is -0.123. The van der Waals surface area contributed by atoms with Gasteiger partial charge in [-0.25, -0.2) is 10.4 Å². The zero-order valence-corrected chi connectivity index (χ0v) is 15.4. The quantitative estimate of drug-likeness (QED) is 0.523. The standard InChI is InChI=1S/C20H19N5O4/c26-18(22-14-6-7-16-17(10-14)29-9-8-28-16)11-15-19(27)24-20(23-15)25-21-12-13-4-2-1-3-5-13/h1-7,10,12,15H,8-9,11H2,(H,22,26)(H2,23,24,25,27)/b21-12+. The molecule has 0 radical (unpaired) electrons. The highest BCUT2D eigenvalue weighted by atomic mass is 16.6. The first kappa shape index (κ1) is 18.5. The second-order valence-electron chi connectivity index (χ2n) is 6.37. The smallest absolute Gasteiger partial charge is 0.252 e. The largest absolute Gasteiger partial charge is 0.486 e. The Bertz CT molecular complexity index is 974. The van der Waals surface area contributed by atoms with Gasteiger partial charge in [0.15, 0.2) is 11.5 Å². The Morgan fingerprint density at radius 3 is 2.79 bits per heavy atom. The molecule has 148 valence electrons. The summed E-state index contributed by atoms with van der Waals surface area (Å²) in [4.78, 5) is 28.5. The Morgan fingerprint density at radius 1 is 1.17 bits per heavy atom. The van der Waals surface area contributed by atoms with E-state index in [-0.39, 0.29) is 24.2 Å². The van der Waals surface area contributed by atoms with Crippen molar-refractivity contribution in [2.24, 2.45) is 10.1 Å². The van der Waals surface area contributed by atoms with Crippen LogP contribution in [0.1, 0.15) is 12.0 Å². The molecule has 9 nitrogen and oxygen atoms in total. The molecule has 2 heterocycles. The number of amides is 2. The minimum atomic E-state index is -0.818. The van der Waals surface area contributed by atoms with E-state index in [1.165, 1.54) is 0 Å². The van der Waals surface area contributed by atoms with Crippen molar-refractivity contribution in [1.29, 1.82) is 0 Å². The topological polar surface area (TPSA) is 113 Å². The van der Waals surface area contributed by atoms with E-state index in [1.807, 2.05) is 30.3 Å². The number of fused-ring (bicyclic) bond motifs is 1. The van der Waals surface area contributed by atoms with Crippen molar-refractivity contribution in [2.75, 3.05) is 18.5 Å². The van der Waals surface area contributed by atoms with Gasteiger partial charge in [0.1, 0.15) is 19.3 Å². The van der Waals surface area contributed by atoms with Gasteiger partial charge in [-0.1, -0.05) is 30.3 Å². The van der Waals surface area contributed by atoms with Crippen LogP contribution in [0.15, 0.2) is 58.6 Å². The fraction of sp³-hybridized carbons (Fsp3) is 0.200. The van der Waals surface area contributed by atoms with E-state index < -0.39 is 6.04 Å². The summed E-state index contributed by atoms with van der Waals surface area (Å²) in [6.07, 6.45) is 1.52. The Labute approximate surface area is 166 Å². The van der Waals surface area contributed by atoms with Crippen LogP contribution in [0.4, 0.5) is 5.69 Å². The molecular weight excluding hydrogens is 374 g/mol. The van der Waals surface area contributed by atoms with E-state index in [2.05, 4.69) is 26.2 Å². The van der Waals surface area contributed by atoms with Crippen molar-refractivity contribution < 1.29 is 19.1 Å². The number of ether oxygens (including phenoxy) is 2. The summed E-state index contributed by atoms with van der Waals surface area (Å²) >= 11 is 0. The maximum absolute atomic E-state index is 12.3. The van der Waals surface area contributed by atoms with Gasteiger partial charge in [-0.15, -0.1) is 0 Å². The molecule has 0 saturated heterocycles. The van der Waals surface area contributed by atoms with E-state index in [4.69, 9.17) is 9.47 Å². The van der Waals surface area contributed by atoms with E-state index in [0.717, 1.165) is 5.56 Å². The molecule has 1 atom stereocenters. The van der Waals surface area contributed by atoms with E-state index in [1.54, 1.807) is 24.4 Å². The first-order chi connectivity index (χ1) is 14.2. The average molecular weight is 393 g/mol. The molecule has 29 heavy (non-hydrogen) atoms. The number of aliphatic imine (C=N–C) groups is 1. The number of hydrogen-bond donors (Lipinski definition) is 3. The Hall–Kier alpha value is -3.88. The van der Waals surface area contributed by atoms with Crippen LogP contribution in [0.5, 0.6) is 11.5 Å². The molecule has 0 spiro atoms. The lowest BCUT2D eigenvalue weighted by atomic mass is 10.2. The molecule has 2 aromatic rings. The van der Waals surface area contributed by atoms with Crippen LogP contribution >= 0.6 is 0 Å². The molecule has 2 amide bonds. The van der Waals surface area contributed by atoms with Crippen molar-refractivity contribution in [3.8, 4) is 11.5 Å². The summed E-state index contributed by atoms with van der Waals surface area (Å²) in [5.41, 5.74) is 4.14. The highest BCUT2D eigenvalue weighted by Gasteiger charge is 2.28. The molecule has 2 aliphatic heterocycles. The SMILES string of the molecule is O=C(CC1N=C(N/N=C/c2ccccc2)NC1=O)Nc1ccc2c(c1)OCCO2. The van der Waals surface area contributed by atoms with Gasteiger partial charge in [0.25, 0.3) is 5.91 Å². The maximum atomic E-state index is 12.3. The van der Waals surface area contributed by atoms with Crippen molar-refractivity contribution in [3.63, 3.8) is 0 Å². The van der Waals surface area contributed by atoms with Crippen LogP contribution in [0.2, 0.25) is 0 Å². The fourth-order valence-corrected chi connectivity index (χ4v) is 2.86. The predicted octanol–water partition coefficient (Wildman–Crippen LogP) is 1.26. The van der Waals surface area contributed by atoms with Gasteiger partial charge in [-0.3, -0.25) is 14.9 Å². The number of anilines is 1. The third-order valence-electron chi connectivity index (χ3n) is 4.22. The molecule has 0 aromatic heterocycles. The van der Waals surface area contributed by atoms with Crippen molar-refractivity contribution >= 4 is 29.7 Å². The van der Waals surface area contributed by atoms with Crippen molar-refractivity contribution in [3.05, 3.63) is 54.1 Å². The maximum Gasteiger partial charge on any atom is 0.252 e. The molecule has 2 aromatic carbocycles.